The quantitative estimate of drug-likeness (QED) is 0.141. The summed E-state index contributed by atoms with van der Waals surface area (Å²) in [6.07, 6.45) is -5.00. The van der Waals surface area contributed by atoms with E-state index < -0.39 is 23.4 Å². The molecule has 0 radical (unpaired) electrons. The van der Waals surface area contributed by atoms with E-state index in [4.69, 9.17) is 0 Å². The summed E-state index contributed by atoms with van der Waals surface area (Å²) in [5.41, 5.74) is 21.4. The van der Waals surface area contributed by atoms with Crippen molar-refractivity contribution in [3.8, 4) is 67.0 Å². The number of hydrogen-bond acceptors (Lipinski definition) is 0. The zero-order chi connectivity index (χ0) is 56.5. The van der Waals surface area contributed by atoms with Crippen molar-refractivity contribution < 1.29 is 22.0 Å². The van der Waals surface area contributed by atoms with E-state index in [-0.39, 0.29) is 22.5 Å². The van der Waals surface area contributed by atoms with E-state index in [2.05, 4.69) is 156 Å². The van der Waals surface area contributed by atoms with E-state index in [1.807, 2.05) is 48.5 Å². The molecule has 12 aromatic rings. The van der Waals surface area contributed by atoms with Crippen molar-refractivity contribution in [2.24, 2.45) is 0 Å². The molecule has 0 spiro atoms. The molecule has 12 rings (SSSR count). The summed E-state index contributed by atoms with van der Waals surface area (Å²) in [7, 11) is 0. The lowest BCUT2D eigenvalue weighted by Crippen LogP contribution is -2.16. The van der Waals surface area contributed by atoms with Crippen molar-refractivity contribution in [1.82, 2.24) is 9.13 Å². The van der Waals surface area contributed by atoms with Crippen molar-refractivity contribution in [3.63, 3.8) is 0 Å². The Bertz CT molecular complexity index is 4020. The maximum Gasteiger partial charge on any atom is 0.420 e. The summed E-state index contributed by atoms with van der Waals surface area (Å²) < 4.78 is 87.6. The first kappa shape index (κ1) is 52.2. The zero-order valence-electron chi connectivity index (χ0n) is 47.2. The van der Waals surface area contributed by atoms with E-state index in [9.17, 15) is 0 Å². The largest absolute Gasteiger partial charge is 0.420 e. The van der Waals surface area contributed by atoms with Gasteiger partial charge >= 0.3 is 6.18 Å². The summed E-state index contributed by atoms with van der Waals surface area (Å²) in [5, 5.41) is 3.02. The lowest BCUT2D eigenvalue weighted by Gasteiger charge is -2.24. The minimum absolute atomic E-state index is 0.0941. The van der Waals surface area contributed by atoms with Crippen molar-refractivity contribution in [2.75, 3.05) is 0 Å². The van der Waals surface area contributed by atoms with Crippen molar-refractivity contribution in [1.29, 1.82) is 0 Å². The Balaban J connectivity index is 1.29. The fraction of sp³-hybridized carbons (Fsp3) is 0.178. The molecule has 0 N–H and O–H groups in total. The Morgan fingerprint density at radius 3 is 0.750 bits per heavy atom. The highest BCUT2D eigenvalue weighted by atomic mass is 19.4. The van der Waals surface area contributed by atoms with Crippen molar-refractivity contribution in [3.05, 3.63) is 236 Å². The molecule has 0 fully saturated rings. The maximum atomic E-state index is 17.6. The molecule has 80 heavy (non-hydrogen) atoms. The van der Waals surface area contributed by atoms with Gasteiger partial charge in [-0.3, -0.25) is 0 Å². The van der Waals surface area contributed by atoms with Gasteiger partial charge in [-0.05, 0) is 232 Å². The molecule has 0 saturated heterocycles. The number of aromatic nitrogens is 2. The lowest BCUT2D eigenvalue weighted by molar-refractivity contribution is -0.137. The number of nitrogens with zero attached hydrogens (tertiary/aromatic N) is 2. The Labute approximate surface area is 464 Å². The van der Waals surface area contributed by atoms with E-state index in [1.54, 1.807) is 9.13 Å². The van der Waals surface area contributed by atoms with Gasteiger partial charge in [0.05, 0.1) is 33.4 Å². The number of aryl methyl sites for hydroxylation is 12. The third-order valence-corrected chi connectivity index (χ3v) is 16.5. The molecule has 0 aliphatic rings. The Hall–Kier alpha value is -8.55. The van der Waals surface area contributed by atoms with Crippen LogP contribution < -0.4 is 0 Å². The van der Waals surface area contributed by atoms with Crippen molar-refractivity contribution in [2.45, 2.75) is 89.3 Å². The van der Waals surface area contributed by atoms with Crippen LogP contribution in [0.5, 0.6) is 0 Å². The predicted molar refractivity (Wildman–Crippen MR) is 324 cm³/mol. The Morgan fingerprint density at radius 2 is 0.512 bits per heavy atom. The van der Waals surface area contributed by atoms with Crippen LogP contribution in [0.25, 0.3) is 111 Å². The van der Waals surface area contributed by atoms with Gasteiger partial charge in [-0.2, -0.15) is 13.2 Å². The van der Waals surface area contributed by atoms with Gasteiger partial charge in [0, 0.05) is 27.6 Å². The summed E-state index contributed by atoms with van der Waals surface area (Å²) in [6, 6.07) is 47.5. The van der Waals surface area contributed by atoms with Gasteiger partial charge in [0.1, 0.15) is 17.2 Å². The molecule has 0 aliphatic heterocycles. The first-order chi connectivity index (χ1) is 38.0. The summed E-state index contributed by atoms with van der Waals surface area (Å²) in [5.74, 6) is -1.69. The molecule has 2 nitrogen and oxygen atoms in total. The second-order valence-electron chi connectivity index (χ2n) is 22.7. The minimum atomic E-state index is -5.00. The molecule has 2 aromatic heterocycles. The summed E-state index contributed by atoms with van der Waals surface area (Å²) in [4.78, 5) is 0. The highest BCUT2D eigenvalue weighted by Gasteiger charge is 2.40. The van der Waals surface area contributed by atoms with Gasteiger partial charge in [0.25, 0.3) is 0 Å². The van der Waals surface area contributed by atoms with Gasteiger partial charge in [0.15, 0.2) is 0 Å². The van der Waals surface area contributed by atoms with Crippen molar-refractivity contribution >= 4 is 43.6 Å². The summed E-state index contributed by atoms with van der Waals surface area (Å²) in [6.45, 7) is 24.7. The molecule has 10 aromatic carbocycles. The molecule has 0 atom stereocenters. The molecule has 7 heteroatoms. The predicted octanol–water partition coefficient (Wildman–Crippen LogP) is 21.2. The Morgan fingerprint density at radius 1 is 0.275 bits per heavy atom. The van der Waals surface area contributed by atoms with Crippen LogP contribution in [0.15, 0.2) is 152 Å². The van der Waals surface area contributed by atoms with Gasteiger partial charge in [-0.25, -0.2) is 8.78 Å². The molecular formula is C73H61F5N2. The number of benzene rings is 10. The van der Waals surface area contributed by atoms with E-state index >= 15 is 22.0 Å². The second kappa shape index (κ2) is 19.1. The number of hydrogen-bond donors (Lipinski definition) is 0. The van der Waals surface area contributed by atoms with E-state index in [0.29, 0.717) is 22.1 Å². The first-order valence-corrected chi connectivity index (χ1v) is 27.2. The molecule has 0 unspecified atom stereocenters. The molecule has 2 heterocycles. The fourth-order valence-electron chi connectivity index (χ4n) is 13.9. The zero-order valence-corrected chi connectivity index (χ0v) is 47.2. The van der Waals surface area contributed by atoms with Gasteiger partial charge in [0.2, 0.25) is 0 Å². The van der Waals surface area contributed by atoms with Crippen LogP contribution in [-0.2, 0) is 6.18 Å². The van der Waals surface area contributed by atoms with Crippen LogP contribution in [0.1, 0.15) is 72.3 Å². The van der Waals surface area contributed by atoms with Gasteiger partial charge in [-0.15, -0.1) is 0 Å². The highest BCUT2D eigenvalue weighted by molar-refractivity contribution is 6.13. The van der Waals surface area contributed by atoms with Gasteiger partial charge < -0.3 is 9.13 Å². The molecule has 0 bridgehead atoms. The van der Waals surface area contributed by atoms with Crippen LogP contribution in [0.4, 0.5) is 22.0 Å². The topological polar surface area (TPSA) is 9.86 Å². The molecule has 0 saturated carbocycles. The average molecular weight is 1060 g/mol. The highest BCUT2D eigenvalue weighted by Crippen LogP contribution is 2.49. The normalized spacial score (nSPS) is 12.1. The smallest absolute Gasteiger partial charge is 0.308 e. The average Bonchev–Trinajstić information content (AvgIpc) is 3.93. The third-order valence-electron chi connectivity index (χ3n) is 16.5. The number of rotatable bonds is 7. The van der Waals surface area contributed by atoms with Crippen LogP contribution >= 0.6 is 0 Å². The van der Waals surface area contributed by atoms with Crippen LogP contribution in [0.2, 0.25) is 0 Å². The maximum absolute atomic E-state index is 17.6. The number of alkyl halides is 3. The third kappa shape index (κ3) is 8.70. The second-order valence-corrected chi connectivity index (χ2v) is 22.7. The van der Waals surface area contributed by atoms with Crippen LogP contribution in [0, 0.1) is 94.7 Å². The standard InChI is InChI=1S/C73H61F5N2/c1-38-21-42(5)68(43(6)22-38)50-13-17-58-59-18-14-51(69-44(7)23-39(2)24-45(69)8)32-63(59)79(62(58)31-50)66-35-55(54-29-56(74)37-57(75)30-54)36-67(72(66)73(76,77)78)80-64-33-52(70-46(9)25-40(3)26-47(70)10)15-19-60(64)61-20-16-53(34-65(61)80)71-48(11)27-41(4)28-49(71)12/h13-37H,1-12H3. The van der Waals surface area contributed by atoms with Gasteiger partial charge in [-0.1, -0.05) is 119 Å². The molecule has 0 aliphatic carbocycles. The number of fused-ring (bicyclic) bond motifs is 6. The van der Waals surface area contributed by atoms with E-state index in [1.165, 1.54) is 24.3 Å². The molecular weight excluding hydrogens is 1000 g/mol. The fourth-order valence-corrected chi connectivity index (χ4v) is 13.9. The monoisotopic (exact) mass is 1060 g/mol. The van der Waals surface area contributed by atoms with Crippen LogP contribution in [-0.4, -0.2) is 9.13 Å². The van der Waals surface area contributed by atoms with E-state index in [0.717, 1.165) is 139 Å². The SMILES string of the molecule is Cc1cc(C)c(-c2ccc3c4ccc(-c5c(C)cc(C)cc5C)cc4n(-c4cc(-c5cc(F)cc(F)c5)cc(-n5c6cc(-c7c(C)cc(C)cc7C)ccc6c6ccc(-c7c(C)cc(C)cc7C)cc65)c4C(F)(F)F)c3c2)c(C)c1. The summed E-state index contributed by atoms with van der Waals surface area (Å²) >= 11 is 0. The molecule has 398 valence electrons. The van der Waals surface area contributed by atoms with Crippen LogP contribution in [0.3, 0.4) is 0 Å². The lowest BCUT2D eigenvalue weighted by atomic mass is 9.92. The Kier molecular flexibility index (Phi) is 12.4. The number of halogens is 5. The molecule has 0 amide bonds. The first-order valence-electron chi connectivity index (χ1n) is 27.2. The minimum Gasteiger partial charge on any atom is -0.308 e.